The second kappa shape index (κ2) is 4.97. The number of nitrogens with zero attached hydrogens (tertiary/aromatic N) is 1. The second-order valence-corrected chi connectivity index (χ2v) is 4.78. The van der Waals surface area contributed by atoms with Crippen LogP contribution in [0.15, 0.2) is 35.3 Å². The first-order valence-electron chi connectivity index (χ1n) is 6.36. The molecular formula is C14H9F3N4O2. The maximum Gasteiger partial charge on any atom is 0.417 e. The number of nitrogens with two attached hydrogens (primary N) is 1. The number of imidazole rings is 1. The monoisotopic (exact) mass is 322 g/mol. The van der Waals surface area contributed by atoms with Crippen LogP contribution in [0, 0.1) is 0 Å². The quantitative estimate of drug-likeness (QED) is 0.672. The predicted molar refractivity (Wildman–Crippen MR) is 75.7 cm³/mol. The molecule has 0 atom stereocenters. The summed E-state index contributed by atoms with van der Waals surface area (Å²) in [4.78, 5) is 31.4. The third-order valence-corrected chi connectivity index (χ3v) is 3.32. The van der Waals surface area contributed by atoms with Crippen molar-refractivity contribution in [1.29, 1.82) is 0 Å². The first kappa shape index (κ1) is 14.8. The molecule has 2 heterocycles. The van der Waals surface area contributed by atoms with Gasteiger partial charge < -0.3 is 10.7 Å². The average Bonchev–Trinajstić information content (AvgIpc) is 2.85. The van der Waals surface area contributed by atoms with Crippen molar-refractivity contribution in [3.63, 3.8) is 0 Å². The van der Waals surface area contributed by atoms with Crippen molar-refractivity contribution in [2.45, 2.75) is 6.18 Å². The summed E-state index contributed by atoms with van der Waals surface area (Å²) in [5.41, 5.74) is 3.73. The number of H-pyrrole nitrogens is 2. The molecule has 0 bridgehead atoms. The molecule has 2 aromatic heterocycles. The third-order valence-electron chi connectivity index (χ3n) is 3.32. The number of carbonyl (C=O) groups is 1. The lowest BCUT2D eigenvalue weighted by atomic mass is 9.98. The van der Waals surface area contributed by atoms with Crippen LogP contribution < -0.4 is 11.4 Å². The van der Waals surface area contributed by atoms with Gasteiger partial charge in [0.2, 0.25) is 5.91 Å². The molecule has 118 valence electrons. The smallest absolute Gasteiger partial charge is 0.366 e. The molecule has 3 rings (SSSR count). The Bertz CT molecular complexity index is 972. The molecule has 9 heteroatoms. The number of benzene rings is 1. The van der Waals surface area contributed by atoms with E-state index in [1.54, 1.807) is 0 Å². The van der Waals surface area contributed by atoms with Gasteiger partial charge in [0.25, 0.3) is 0 Å². The van der Waals surface area contributed by atoms with Gasteiger partial charge in [-0.2, -0.15) is 13.2 Å². The summed E-state index contributed by atoms with van der Waals surface area (Å²) < 4.78 is 39.4. The van der Waals surface area contributed by atoms with E-state index in [0.29, 0.717) is 5.56 Å². The van der Waals surface area contributed by atoms with Gasteiger partial charge in [-0.05, 0) is 23.8 Å². The molecule has 0 aliphatic rings. The van der Waals surface area contributed by atoms with Crippen LogP contribution in [0.2, 0.25) is 0 Å². The van der Waals surface area contributed by atoms with Crippen molar-refractivity contribution in [2.75, 3.05) is 0 Å². The van der Waals surface area contributed by atoms with Crippen LogP contribution in [-0.4, -0.2) is 20.9 Å². The Balaban J connectivity index is 2.28. The summed E-state index contributed by atoms with van der Waals surface area (Å²) in [6, 6.07) is 4.62. The Hall–Kier alpha value is -3.10. The predicted octanol–water partition coefficient (Wildman–Crippen LogP) is 2.04. The van der Waals surface area contributed by atoms with E-state index < -0.39 is 28.9 Å². The molecule has 6 nitrogen and oxygen atoms in total. The molecule has 4 N–H and O–H groups in total. The number of primary amides is 1. The van der Waals surface area contributed by atoms with Gasteiger partial charge in [-0.15, -0.1) is 0 Å². The fourth-order valence-corrected chi connectivity index (χ4v) is 2.34. The molecule has 0 aliphatic heterocycles. The fraction of sp³-hybridized carbons (Fsp3) is 0.0714. The number of halogens is 3. The van der Waals surface area contributed by atoms with E-state index in [0.717, 1.165) is 12.1 Å². The number of nitrogens with one attached hydrogen (secondary N) is 2. The highest BCUT2D eigenvalue weighted by molar-refractivity contribution is 5.96. The van der Waals surface area contributed by atoms with E-state index in [1.165, 1.54) is 18.3 Å². The number of hydrogen-bond donors (Lipinski definition) is 3. The topological polar surface area (TPSA) is 105 Å². The summed E-state index contributed by atoms with van der Waals surface area (Å²) in [5, 5.41) is 0. The van der Waals surface area contributed by atoms with Crippen LogP contribution >= 0.6 is 0 Å². The van der Waals surface area contributed by atoms with Crippen LogP contribution in [0.25, 0.3) is 22.3 Å². The molecule has 23 heavy (non-hydrogen) atoms. The van der Waals surface area contributed by atoms with Crippen LogP contribution in [0.4, 0.5) is 13.2 Å². The minimum absolute atomic E-state index is 0.171. The van der Waals surface area contributed by atoms with Crippen molar-refractivity contribution in [1.82, 2.24) is 15.0 Å². The number of aromatic amines is 2. The van der Waals surface area contributed by atoms with E-state index in [4.69, 9.17) is 5.73 Å². The lowest BCUT2D eigenvalue weighted by Gasteiger charge is -2.13. The lowest BCUT2D eigenvalue weighted by molar-refractivity contribution is -0.137. The summed E-state index contributed by atoms with van der Waals surface area (Å²) in [6.45, 7) is 0. The fourth-order valence-electron chi connectivity index (χ4n) is 2.34. The molecule has 0 saturated heterocycles. The van der Waals surface area contributed by atoms with Crippen molar-refractivity contribution in [2.24, 2.45) is 5.73 Å². The zero-order valence-electron chi connectivity index (χ0n) is 11.4. The standard InChI is InChI=1S/C14H9F3N4O2/c15-14(16,17)9-5-6(1-2-8(9)11(18)22)7-3-4-19-12-10(7)20-13(23)21-12/h1-5H,(H2,18,22)(H2,19,20,21,23). The SMILES string of the molecule is NC(=O)c1ccc(-c2ccnc3[nH]c(=O)[nH]c23)cc1C(F)(F)F. The second-order valence-electron chi connectivity index (χ2n) is 4.78. The molecular weight excluding hydrogens is 313 g/mol. The highest BCUT2D eigenvalue weighted by atomic mass is 19.4. The van der Waals surface area contributed by atoms with Gasteiger partial charge in [-0.1, -0.05) is 6.07 Å². The van der Waals surface area contributed by atoms with Crippen LogP contribution in [0.1, 0.15) is 15.9 Å². The number of rotatable bonds is 2. The lowest BCUT2D eigenvalue weighted by Crippen LogP contribution is -2.18. The number of alkyl halides is 3. The summed E-state index contributed by atoms with van der Waals surface area (Å²) in [5.74, 6) is -1.17. The summed E-state index contributed by atoms with van der Waals surface area (Å²) >= 11 is 0. The maximum atomic E-state index is 13.1. The molecule has 0 spiro atoms. The van der Waals surface area contributed by atoms with Gasteiger partial charge in [-0.25, -0.2) is 9.78 Å². The Morgan fingerprint density at radius 1 is 1.17 bits per heavy atom. The van der Waals surface area contributed by atoms with Gasteiger partial charge in [0.15, 0.2) is 5.65 Å². The van der Waals surface area contributed by atoms with Crippen molar-refractivity contribution in [3.05, 3.63) is 52.1 Å². The maximum absolute atomic E-state index is 13.1. The average molecular weight is 322 g/mol. The number of hydrogen-bond acceptors (Lipinski definition) is 3. The molecule has 0 aliphatic carbocycles. The van der Waals surface area contributed by atoms with E-state index >= 15 is 0 Å². The highest BCUT2D eigenvalue weighted by Crippen LogP contribution is 2.35. The molecule has 0 saturated carbocycles. The number of pyridine rings is 1. The molecule has 1 amide bonds. The minimum Gasteiger partial charge on any atom is -0.366 e. The van der Waals surface area contributed by atoms with Crippen molar-refractivity contribution >= 4 is 17.1 Å². The van der Waals surface area contributed by atoms with E-state index in [9.17, 15) is 22.8 Å². The number of fused-ring (bicyclic) bond motifs is 1. The number of amides is 1. The van der Waals surface area contributed by atoms with E-state index in [1.807, 2.05) is 0 Å². The Labute approximate surface area is 126 Å². The Morgan fingerprint density at radius 3 is 2.57 bits per heavy atom. The van der Waals surface area contributed by atoms with E-state index in [-0.39, 0.29) is 16.7 Å². The van der Waals surface area contributed by atoms with Gasteiger partial charge in [0, 0.05) is 11.8 Å². The summed E-state index contributed by atoms with van der Waals surface area (Å²) in [7, 11) is 0. The molecule has 0 unspecified atom stereocenters. The first-order valence-corrected chi connectivity index (χ1v) is 6.36. The Morgan fingerprint density at radius 2 is 1.91 bits per heavy atom. The van der Waals surface area contributed by atoms with Gasteiger partial charge in [0.1, 0.15) is 0 Å². The van der Waals surface area contributed by atoms with E-state index in [2.05, 4.69) is 15.0 Å². The molecule has 3 aromatic rings. The highest BCUT2D eigenvalue weighted by Gasteiger charge is 2.35. The number of carbonyl (C=O) groups excluding carboxylic acids is 1. The molecule has 1 aromatic carbocycles. The van der Waals surface area contributed by atoms with Gasteiger partial charge in [0.05, 0.1) is 16.6 Å². The Kier molecular flexibility index (Phi) is 3.20. The van der Waals surface area contributed by atoms with Crippen molar-refractivity contribution in [3.8, 4) is 11.1 Å². The summed E-state index contributed by atoms with van der Waals surface area (Å²) in [6.07, 6.45) is -3.38. The van der Waals surface area contributed by atoms with Gasteiger partial charge >= 0.3 is 11.9 Å². The third kappa shape index (κ3) is 2.56. The van der Waals surface area contributed by atoms with Gasteiger partial charge in [-0.3, -0.25) is 9.78 Å². The minimum atomic E-state index is -4.74. The van der Waals surface area contributed by atoms with Crippen molar-refractivity contribution < 1.29 is 18.0 Å². The zero-order valence-corrected chi connectivity index (χ0v) is 11.4. The van der Waals surface area contributed by atoms with Crippen LogP contribution in [0.5, 0.6) is 0 Å². The largest absolute Gasteiger partial charge is 0.417 e. The zero-order chi connectivity index (χ0) is 16.8. The molecule has 0 fully saturated rings. The normalized spacial score (nSPS) is 11.8. The van der Waals surface area contributed by atoms with Crippen LogP contribution in [-0.2, 0) is 6.18 Å². The van der Waals surface area contributed by atoms with Crippen LogP contribution in [0.3, 0.4) is 0 Å². The first-order chi connectivity index (χ1) is 10.8. The molecule has 0 radical (unpaired) electrons. The number of aromatic nitrogens is 3.